The molecule has 0 atom stereocenters. The number of hydrogen-bond acceptors (Lipinski definition) is 5. The number of nitrogens with one attached hydrogen (secondary N) is 1. The predicted molar refractivity (Wildman–Crippen MR) is 99.0 cm³/mol. The maximum atomic E-state index is 13.1. The van der Waals surface area contributed by atoms with Gasteiger partial charge in [-0.2, -0.15) is 5.10 Å². The number of carbonyl (C=O) groups is 2. The first kappa shape index (κ1) is 18.3. The second-order valence-corrected chi connectivity index (χ2v) is 6.74. The molecular weight excluding hydrogens is 332 g/mol. The maximum absolute atomic E-state index is 13.1. The Morgan fingerprint density at radius 1 is 1.19 bits per heavy atom. The number of amides is 2. The molecule has 0 saturated carbocycles. The summed E-state index contributed by atoms with van der Waals surface area (Å²) in [6.45, 7) is 9.34. The third kappa shape index (κ3) is 3.55. The molecule has 8 nitrogen and oxygen atoms in total. The van der Waals surface area contributed by atoms with Crippen molar-refractivity contribution < 1.29 is 9.59 Å². The molecule has 0 bridgehead atoms. The van der Waals surface area contributed by atoms with Gasteiger partial charge in [0.05, 0.1) is 23.2 Å². The summed E-state index contributed by atoms with van der Waals surface area (Å²) in [4.78, 5) is 33.3. The van der Waals surface area contributed by atoms with Gasteiger partial charge in [0.15, 0.2) is 5.65 Å². The Morgan fingerprint density at radius 3 is 2.54 bits per heavy atom. The number of fused-ring (bicyclic) bond motifs is 1. The quantitative estimate of drug-likeness (QED) is 0.859. The summed E-state index contributed by atoms with van der Waals surface area (Å²) in [6, 6.07) is 1.85. The van der Waals surface area contributed by atoms with Crippen molar-refractivity contribution in [1.82, 2.24) is 29.9 Å². The monoisotopic (exact) mass is 358 g/mol. The molecule has 2 amide bonds. The van der Waals surface area contributed by atoms with Gasteiger partial charge in [-0.3, -0.25) is 19.2 Å². The van der Waals surface area contributed by atoms with Crippen LogP contribution < -0.4 is 5.32 Å². The van der Waals surface area contributed by atoms with Crippen LogP contribution in [0, 0.1) is 13.8 Å². The molecule has 1 saturated heterocycles. The van der Waals surface area contributed by atoms with Gasteiger partial charge in [0.1, 0.15) is 0 Å². The van der Waals surface area contributed by atoms with E-state index < -0.39 is 0 Å². The smallest absolute Gasteiger partial charge is 0.254 e. The first-order valence-electron chi connectivity index (χ1n) is 9.00. The summed E-state index contributed by atoms with van der Waals surface area (Å²) in [7, 11) is 1.84. The Labute approximate surface area is 153 Å². The molecule has 1 fully saturated rings. The van der Waals surface area contributed by atoms with Gasteiger partial charge in [-0.15, -0.1) is 0 Å². The van der Waals surface area contributed by atoms with E-state index >= 15 is 0 Å². The predicted octanol–water partition coefficient (Wildman–Crippen LogP) is 0.479. The summed E-state index contributed by atoms with van der Waals surface area (Å²) < 4.78 is 1.72. The minimum atomic E-state index is 0.00857. The minimum Gasteiger partial charge on any atom is -0.355 e. The average Bonchev–Trinajstić information content (AvgIpc) is 2.88. The highest BCUT2D eigenvalue weighted by Gasteiger charge is 2.26. The number of carbonyl (C=O) groups excluding carboxylic acids is 2. The van der Waals surface area contributed by atoms with Crippen molar-refractivity contribution in [2.75, 3.05) is 39.3 Å². The lowest BCUT2D eigenvalue weighted by molar-refractivity contribution is -0.122. The minimum absolute atomic E-state index is 0.00857. The van der Waals surface area contributed by atoms with E-state index in [1.54, 1.807) is 4.68 Å². The van der Waals surface area contributed by atoms with E-state index in [0.717, 1.165) is 22.4 Å². The van der Waals surface area contributed by atoms with Crippen LogP contribution in [0.3, 0.4) is 0 Å². The zero-order chi connectivity index (χ0) is 18.8. The van der Waals surface area contributed by atoms with E-state index in [4.69, 9.17) is 0 Å². The summed E-state index contributed by atoms with van der Waals surface area (Å²) in [5.41, 5.74) is 3.02. The van der Waals surface area contributed by atoms with Gasteiger partial charge in [-0.25, -0.2) is 4.98 Å². The van der Waals surface area contributed by atoms with Crippen LogP contribution >= 0.6 is 0 Å². The molecule has 0 radical (unpaired) electrons. The molecule has 2 aromatic rings. The molecule has 1 aliphatic rings. The normalized spacial score (nSPS) is 15.5. The molecule has 3 heterocycles. The number of likely N-dealkylation sites (N-methyl/N-ethyl adjacent to an activating group) is 1. The highest BCUT2D eigenvalue weighted by atomic mass is 16.2. The number of nitrogens with zero attached hydrogens (tertiary/aromatic N) is 5. The topological polar surface area (TPSA) is 83.4 Å². The summed E-state index contributed by atoms with van der Waals surface area (Å²) in [5, 5.41) is 8.05. The molecule has 0 aromatic carbocycles. The van der Waals surface area contributed by atoms with Crippen molar-refractivity contribution in [3.63, 3.8) is 0 Å². The van der Waals surface area contributed by atoms with Gasteiger partial charge in [-0.05, 0) is 26.8 Å². The number of rotatable bonds is 4. The zero-order valence-corrected chi connectivity index (χ0v) is 15.9. The van der Waals surface area contributed by atoms with Crippen LogP contribution in [0.4, 0.5) is 0 Å². The van der Waals surface area contributed by atoms with Crippen molar-refractivity contribution >= 4 is 22.8 Å². The fourth-order valence-electron chi connectivity index (χ4n) is 3.47. The van der Waals surface area contributed by atoms with E-state index in [-0.39, 0.29) is 11.8 Å². The van der Waals surface area contributed by atoms with Crippen molar-refractivity contribution in [1.29, 1.82) is 0 Å². The van der Waals surface area contributed by atoms with Crippen molar-refractivity contribution in [3.05, 3.63) is 23.0 Å². The highest BCUT2D eigenvalue weighted by Crippen LogP contribution is 2.23. The van der Waals surface area contributed by atoms with Crippen molar-refractivity contribution in [3.8, 4) is 0 Å². The van der Waals surface area contributed by atoms with Gasteiger partial charge < -0.3 is 10.2 Å². The maximum Gasteiger partial charge on any atom is 0.254 e. The fraction of sp³-hybridized carbons (Fsp3) is 0.556. The van der Waals surface area contributed by atoms with Gasteiger partial charge in [0.2, 0.25) is 5.91 Å². The first-order chi connectivity index (χ1) is 12.4. The summed E-state index contributed by atoms with van der Waals surface area (Å²) in [5.74, 6) is 0.0407. The van der Waals surface area contributed by atoms with Crippen LogP contribution in [-0.4, -0.2) is 75.6 Å². The molecule has 140 valence electrons. The molecule has 1 aliphatic heterocycles. The van der Waals surface area contributed by atoms with Gasteiger partial charge >= 0.3 is 0 Å². The zero-order valence-electron chi connectivity index (χ0n) is 15.9. The molecule has 0 aliphatic carbocycles. The van der Waals surface area contributed by atoms with E-state index in [1.165, 1.54) is 0 Å². The number of aromatic nitrogens is 3. The van der Waals surface area contributed by atoms with Gasteiger partial charge in [0.25, 0.3) is 5.91 Å². The summed E-state index contributed by atoms with van der Waals surface area (Å²) in [6.07, 6.45) is 0. The molecular formula is C18H26N6O2. The van der Waals surface area contributed by atoms with Crippen molar-refractivity contribution in [2.24, 2.45) is 7.05 Å². The van der Waals surface area contributed by atoms with Crippen LogP contribution in [0.2, 0.25) is 0 Å². The molecule has 2 aromatic heterocycles. The Balaban J connectivity index is 1.75. The van der Waals surface area contributed by atoms with Crippen LogP contribution in [0.1, 0.15) is 28.7 Å². The number of hydrogen-bond donors (Lipinski definition) is 1. The van der Waals surface area contributed by atoms with E-state index in [2.05, 4.69) is 20.3 Å². The number of pyridine rings is 1. The van der Waals surface area contributed by atoms with Gasteiger partial charge in [-0.1, -0.05) is 0 Å². The van der Waals surface area contributed by atoms with Crippen LogP contribution in [-0.2, 0) is 11.8 Å². The van der Waals surface area contributed by atoms with Crippen LogP contribution in [0.15, 0.2) is 6.07 Å². The Kier molecular flexibility index (Phi) is 5.22. The molecule has 0 unspecified atom stereocenters. The Bertz CT molecular complexity index is 836. The highest BCUT2D eigenvalue weighted by molar-refractivity contribution is 6.06. The lowest BCUT2D eigenvalue weighted by Crippen LogP contribution is -2.51. The van der Waals surface area contributed by atoms with Crippen LogP contribution in [0.25, 0.3) is 11.0 Å². The Hall–Kier alpha value is -2.48. The lowest BCUT2D eigenvalue weighted by atomic mass is 10.1. The fourth-order valence-corrected chi connectivity index (χ4v) is 3.47. The summed E-state index contributed by atoms with van der Waals surface area (Å²) >= 11 is 0. The second-order valence-electron chi connectivity index (χ2n) is 6.74. The number of aryl methyl sites for hydroxylation is 3. The van der Waals surface area contributed by atoms with E-state index in [9.17, 15) is 9.59 Å². The van der Waals surface area contributed by atoms with Crippen LogP contribution in [0.5, 0.6) is 0 Å². The average molecular weight is 358 g/mol. The molecule has 0 spiro atoms. The molecule has 1 N–H and O–H groups in total. The number of piperazine rings is 1. The second kappa shape index (κ2) is 7.41. The Morgan fingerprint density at radius 2 is 1.88 bits per heavy atom. The van der Waals surface area contributed by atoms with E-state index in [1.807, 2.05) is 38.8 Å². The SMILES string of the molecule is CCNC(=O)CN1CCN(C(=O)c2cc(C)nc3c2c(C)nn3C)CC1. The molecule has 26 heavy (non-hydrogen) atoms. The van der Waals surface area contributed by atoms with E-state index in [0.29, 0.717) is 44.8 Å². The van der Waals surface area contributed by atoms with Gasteiger partial charge in [0, 0.05) is 45.5 Å². The third-order valence-electron chi connectivity index (χ3n) is 4.73. The molecule has 8 heteroatoms. The molecule has 3 rings (SSSR count). The third-order valence-corrected chi connectivity index (χ3v) is 4.73. The van der Waals surface area contributed by atoms with Crippen molar-refractivity contribution in [2.45, 2.75) is 20.8 Å². The largest absolute Gasteiger partial charge is 0.355 e. The first-order valence-corrected chi connectivity index (χ1v) is 9.00. The lowest BCUT2D eigenvalue weighted by Gasteiger charge is -2.34. The standard InChI is InChI=1S/C18H26N6O2/c1-5-19-15(25)11-23-6-8-24(9-7-23)18(26)14-10-12(2)20-17-16(14)13(3)21-22(17)4/h10H,5-9,11H2,1-4H3,(H,19,25).